The number of hydrogen-bond acceptors (Lipinski definition) is 11. The highest BCUT2D eigenvalue weighted by Crippen LogP contribution is 2.46. The number of carbonyl (C=O) groups is 6. The third-order valence-corrected chi connectivity index (χ3v) is 8.70. The maximum absolute atomic E-state index is 13.1. The number of aliphatic hydroxyl groups is 1. The summed E-state index contributed by atoms with van der Waals surface area (Å²) in [7, 11) is 0. The number of ketones is 1. The van der Waals surface area contributed by atoms with E-state index in [1.54, 1.807) is 24.3 Å². The Balaban J connectivity index is 1.39. The molecule has 4 amide bonds. The summed E-state index contributed by atoms with van der Waals surface area (Å²) in [4.78, 5) is 79.5. The lowest BCUT2D eigenvalue weighted by Gasteiger charge is -2.17. The van der Waals surface area contributed by atoms with Crippen molar-refractivity contribution in [2.24, 2.45) is 0 Å². The van der Waals surface area contributed by atoms with E-state index in [1.807, 2.05) is 12.1 Å². The summed E-state index contributed by atoms with van der Waals surface area (Å²) in [6.07, 6.45) is 3.58. The second-order valence-corrected chi connectivity index (χ2v) is 12.7. The lowest BCUT2D eigenvalue weighted by molar-refractivity contribution is -0.177. The van der Waals surface area contributed by atoms with Gasteiger partial charge in [-0.2, -0.15) is 0 Å². The number of nitrogens with zero attached hydrogens (tertiary/aromatic N) is 1. The smallest absolute Gasteiger partial charge is 0.432 e. The Morgan fingerprint density at radius 3 is 2.21 bits per heavy atom. The van der Waals surface area contributed by atoms with Crippen molar-refractivity contribution in [3.05, 3.63) is 53.1 Å². The second-order valence-electron chi connectivity index (χ2n) is 12.7. The summed E-state index contributed by atoms with van der Waals surface area (Å²) >= 11 is 0. The average Bonchev–Trinajstić information content (AvgIpc) is 3.61. The maximum Gasteiger partial charge on any atom is 0.533 e. The van der Waals surface area contributed by atoms with Gasteiger partial charge >= 0.3 is 6.16 Å². The Kier molecular flexibility index (Phi) is 16.2. The predicted octanol–water partition coefficient (Wildman–Crippen LogP) is 4.81. The van der Waals surface area contributed by atoms with E-state index in [1.165, 1.54) is 0 Å². The largest absolute Gasteiger partial charge is 0.533 e. The summed E-state index contributed by atoms with van der Waals surface area (Å²) in [5.74, 6) is -2.33. The molecule has 0 saturated carbocycles. The van der Waals surface area contributed by atoms with Crippen LogP contribution in [0.4, 0.5) is 10.5 Å². The van der Waals surface area contributed by atoms with Gasteiger partial charge in [0.25, 0.3) is 11.8 Å². The van der Waals surface area contributed by atoms with Gasteiger partial charge in [0, 0.05) is 82.2 Å². The third kappa shape index (κ3) is 12.0. The fraction of sp³-hybridized carbons (Fsp3) is 0.526. The van der Waals surface area contributed by atoms with Gasteiger partial charge in [-0.05, 0) is 72.6 Å². The first kappa shape index (κ1) is 40.1. The summed E-state index contributed by atoms with van der Waals surface area (Å²) in [5, 5.41) is 15.0. The Morgan fingerprint density at radius 2 is 1.46 bits per heavy atom. The zero-order valence-corrected chi connectivity index (χ0v) is 29.7. The van der Waals surface area contributed by atoms with Crippen LogP contribution >= 0.6 is 0 Å². The first-order valence-electron chi connectivity index (χ1n) is 18.1. The van der Waals surface area contributed by atoms with Crippen molar-refractivity contribution in [3.63, 3.8) is 0 Å². The monoisotopic (exact) mass is 723 g/mol. The molecule has 1 fully saturated rings. The molecule has 3 N–H and O–H groups in total. The van der Waals surface area contributed by atoms with Gasteiger partial charge in [-0.25, -0.2) is 4.79 Å². The number of imide groups is 1. The highest BCUT2D eigenvalue weighted by molar-refractivity contribution is 6.01. The number of amides is 4. The number of unbranched alkanes of at least 4 members (excludes halogenated alkanes) is 2. The number of benzene rings is 2. The van der Waals surface area contributed by atoms with Crippen molar-refractivity contribution in [1.29, 1.82) is 0 Å². The van der Waals surface area contributed by atoms with Crippen LogP contribution in [-0.4, -0.2) is 91.9 Å². The molecule has 1 aliphatic carbocycles. The summed E-state index contributed by atoms with van der Waals surface area (Å²) < 4.78 is 16.4. The van der Waals surface area contributed by atoms with Crippen LogP contribution in [0.2, 0.25) is 0 Å². The zero-order valence-electron chi connectivity index (χ0n) is 29.7. The number of carbonyl (C=O) groups excluding carboxylic acids is 6. The molecule has 0 aromatic heterocycles. The van der Waals surface area contributed by atoms with E-state index in [-0.39, 0.29) is 62.9 Å². The van der Waals surface area contributed by atoms with Crippen LogP contribution in [-0.2, 0) is 38.2 Å². The number of aliphatic hydroxyl groups excluding tert-OH is 1. The van der Waals surface area contributed by atoms with Crippen molar-refractivity contribution >= 4 is 41.3 Å². The van der Waals surface area contributed by atoms with E-state index in [2.05, 4.69) is 17.6 Å². The first-order valence-corrected chi connectivity index (χ1v) is 18.1. The second kappa shape index (κ2) is 21.0. The molecule has 0 radical (unpaired) electrons. The van der Waals surface area contributed by atoms with Crippen molar-refractivity contribution in [3.8, 4) is 11.1 Å². The van der Waals surface area contributed by atoms with Crippen LogP contribution < -0.4 is 10.6 Å². The van der Waals surface area contributed by atoms with Crippen molar-refractivity contribution < 1.29 is 52.9 Å². The molecule has 1 saturated heterocycles. The van der Waals surface area contributed by atoms with Gasteiger partial charge in [-0.3, -0.25) is 28.8 Å². The number of fused-ring (bicyclic) bond motifs is 3. The fourth-order valence-electron chi connectivity index (χ4n) is 5.93. The van der Waals surface area contributed by atoms with E-state index in [0.717, 1.165) is 41.5 Å². The van der Waals surface area contributed by atoms with E-state index in [9.17, 15) is 28.8 Å². The molecule has 1 atom stereocenters. The third-order valence-electron chi connectivity index (χ3n) is 8.70. The SMILES string of the molecule is CCCCOCCNC(=O)CCCC(=O)Nc1ccc2c(c1)C(COC(=O)ON1C(=O)CCC1=O)c1cc(C(=O)CCCOCCCCO)ccc1-2. The Bertz CT molecular complexity index is 1560. The van der Waals surface area contributed by atoms with Gasteiger partial charge < -0.3 is 30.0 Å². The van der Waals surface area contributed by atoms with Gasteiger partial charge in [0.2, 0.25) is 11.8 Å². The molecule has 282 valence electrons. The van der Waals surface area contributed by atoms with Crippen LogP contribution in [0.15, 0.2) is 36.4 Å². The maximum atomic E-state index is 13.1. The molecule has 1 aliphatic heterocycles. The highest BCUT2D eigenvalue weighted by Gasteiger charge is 2.35. The van der Waals surface area contributed by atoms with Gasteiger partial charge in [-0.1, -0.05) is 36.6 Å². The number of rotatable bonds is 23. The molecule has 4 rings (SSSR count). The Hall–Kier alpha value is -4.66. The fourth-order valence-corrected chi connectivity index (χ4v) is 5.93. The molecular formula is C38H49N3O11. The van der Waals surface area contributed by atoms with Crippen LogP contribution in [0.3, 0.4) is 0 Å². The molecule has 0 bridgehead atoms. The standard InChI is InChI=1S/C38H49N3O11/c1-2-3-19-50-22-17-39-34(44)9-6-10-35(45)40-27-12-14-29-28-13-11-26(33(43)8-7-21-49-20-5-4-18-42)23-30(28)32(31(29)24-27)25-51-38(48)52-41-36(46)15-16-37(41)47/h11-14,23-24,32,42H,2-10,15-22,25H2,1H3,(H,39,44)(H,40,45). The topological polar surface area (TPSA) is 187 Å². The van der Waals surface area contributed by atoms with Gasteiger partial charge in [0.05, 0.1) is 6.61 Å². The number of hydrogen-bond donors (Lipinski definition) is 3. The van der Waals surface area contributed by atoms with E-state index in [4.69, 9.17) is 24.2 Å². The number of Topliss-reactive ketones (excluding diaryl/α,β-unsaturated/α-hetero) is 1. The minimum atomic E-state index is -1.22. The van der Waals surface area contributed by atoms with Crippen molar-refractivity contribution in [2.45, 2.75) is 83.5 Å². The molecule has 14 nitrogen and oxygen atoms in total. The molecule has 52 heavy (non-hydrogen) atoms. The average molecular weight is 724 g/mol. The molecule has 0 spiro atoms. The lowest BCUT2D eigenvalue weighted by atomic mass is 9.94. The van der Waals surface area contributed by atoms with Crippen LogP contribution in [0, 0.1) is 0 Å². The number of hydroxylamine groups is 2. The molecule has 2 aliphatic rings. The number of ether oxygens (including phenoxy) is 3. The van der Waals surface area contributed by atoms with E-state index in [0.29, 0.717) is 68.5 Å². The van der Waals surface area contributed by atoms with Gasteiger partial charge in [0.1, 0.15) is 6.61 Å². The summed E-state index contributed by atoms with van der Waals surface area (Å²) in [5.41, 5.74) is 4.09. The van der Waals surface area contributed by atoms with Crippen LogP contribution in [0.5, 0.6) is 0 Å². The van der Waals surface area contributed by atoms with Crippen molar-refractivity contribution in [1.82, 2.24) is 10.4 Å². The van der Waals surface area contributed by atoms with E-state index < -0.39 is 23.9 Å². The van der Waals surface area contributed by atoms with Crippen LogP contribution in [0.1, 0.15) is 105 Å². The van der Waals surface area contributed by atoms with Crippen molar-refractivity contribution in [2.75, 3.05) is 51.5 Å². The normalized spacial score (nSPS) is 14.6. The number of anilines is 1. The molecule has 1 heterocycles. The first-order chi connectivity index (χ1) is 25.2. The summed E-state index contributed by atoms with van der Waals surface area (Å²) in [6, 6.07) is 10.7. The quantitative estimate of drug-likeness (QED) is 0.0618. The minimum absolute atomic E-state index is 0.0571. The summed E-state index contributed by atoms with van der Waals surface area (Å²) in [6.45, 7) is 4.43. The Morgan fingerprint density at radius 1 is 0.788 bits per heavy atom. The molecule has 2 aromatic carbocycles. The minimum Gasteiger partial charge on any atom is -0.432 e. The predicted molar refractivity (Wildman–Crippen MR) is 189 cm³/mol. The molecular weight excluding hydrogens is 674 g/mol. The Labute approximate surface area is 303 Å². The molecule has 2 aromatic rings. The highest BCUT2D eigenvalue weighted by atomic mass is 16.8. The zero-order chi connectivity index (χ0) is 37.3. The van der Waals surface area contributed by atoms with Gasteiger partial charge in [-0.15, -0.1) is 0 Å². The van der Waals surface area contributed by atoms with E-state index >= 15 is 0 Å². The number of nitrogens with one attached hydrogen (secondary N) is 2. The van der Waals surface area contributed by atoms with Crippen LogP contribution in [0.25, 0.3) is 11.1 Å². The van der Waals surface area contributed by atoms with Gasteiger partial charge in [0.15, 0.2) is 5.78 Å². The lowest BCUT2D eigenvalue weighted by Crippen LogP contribution is -2.32. The molecule has 1 unspecified atom stereocenters. The molecule has 14 heteroatoms.